The predicted octanol–water partition coefficient (Wildman–Crippen LogP) is 4.81. The summed E-state index contributed by atoms with van der Waals surface area (Å²) in [5.74, 6) is -0.881. The molecule has 8 nitrogen and oxygen atoms in total. The Balaban J connectivity index is 1.63. The lowest BCUT2D eigenvalue weighted by Gasteiger charge is -2.29. The number of aliphatic hydroxyl groups is 1. The number of carbonyl (C=O) groups is 3. The molecule has 226 valence electrons. The number of carbonyl (C=O) groups excluding carboxylic acids is 3. The molecule has 1 saturated carbocycles. The van der Waals surface area contributed by atoms with Crippen LogP contribution in [0.3, 0.4) is 0 Å². The summed E-state index contributed by atoms with van der Waals surface area (Å²) in [6.07, 6.45) is 8.04. The van der Waals surface area contributed by atoms with Gasteiger partial charge in [-0.05, 0) is 55.4 Å². The molecule has 0 aromatic heterocycles. The van der Waals surface area contributed by atoms with Gasteiger partial charge in [0.15, 0.2) is 0 Å². The first-order chi connectivity index (χ1) is 20.4. The Bertz CT molecular complexity index is 1160. The van der Waals surface area contributed by atoms with Crippen LogP contribution in [0.1, 0.15) is 62.5 Å². The lowest BCUT2D eigenvalue weighted by Crippen LogP contribution is -2.50. The molecule has 0 saturated heterocycles. The Morgan fingerprint density at radius 2 is 1.69 bits per heavy atom. The van der Waals surface area contributed by atoms with Crippen LogP contribution in [0.5, 0.6) is 5.75 Å². The van der Waals surface area contributed by atoms with E-state index in [9.17, 15) is 19.5 Å². The average molecular weight is 577 g/mol. The van der Waals surface area contributed by atoms with Crippen LogP contribution in [-0.2, 0) is 32.1 Å². The van der Waals surface area contributed by atoms with E-state index in [-0.39, 0.29) is 43.8 Å². The molecule has 1 fully saturated rings. The maximum absolute atomic E-state index is 13.4. The van der Waals surface area contributed by atoms with Gasteiger partial charge in [0.25, 0.3) is 0 Å². The predicted molar refractivity (Wildman–Crippen MR) is 163 cm³/mol. The lowest BCUT2D eigenvalue weighted by atomic mass is 9.95. The molecule has 0 unspecified atom stereocenters. The third-order valence-corrected chi connectivity index (χ3v) is 7.52. The summed E-state index contributed by atoms with van der Waals surface area (Å²) in [5, 5.41) is 15.8. The minimum Gasteiger partial charge on any atom is -0.489 e. The van der Waals surface area contributed by atoms with Crippen LogP contribution < -0.4 is 15.4 Å². The first kappa shape index (κ1) is 32.6. The van der Waals surface area contributed by atoms with Crippen molar-refractivity contribution in [1.29, 1.82) is 0 Å². The molecule has 0 spiro atoms. The fourth-order valence-electron chi connectivity index (χ4n) is 5.13. The molecular formula is C34H44N2O6. The molecule has 2 aromatic rings. The van der Waals surface area contributed by atoms with Crippen LogP contribution in [-0.4, -0.2) is 47.7 Å². The average Bonchev–Trinajstić information content (AvgIpc) is 3.47. The molecule has 2 atom stereocenters. The lowest BCUT2D eigenvalue weighted by molar-refractivity contribution is -0.145. The number of benzene rings is 2. The van der Waals surface area contributed by atoms with E-state index in [4.69, 9.17) is 9.47 Å². The molecule has 0 heterocycles. The number of aliphatic hydroxyl groups excluding tert-OH is 1. The maximum atomic E-state index is 13.4. The van der Waals surface area contributed by atoms with E-state index in [0.717, 1.165) is 42.6 Å². The molecule has 2 aromatic carbocycles. The van der Waals surface area contributed by atoms with Gasteiger partial charge in [0.05, 0.1) is 24.1 Å². The quantitative estimate of drug-likeness (QED) is 0.173. The minimum absolute atomic E-state index is 0.00535. The van der Waals surface area contributed by atoms with Crippen molar-refractivity contribution < 1.29 is 29.0 Å². The van der Waals surface area contributed by atoms with E-state index in [2.05, 4.69) is 23.8 Å². The number of ether oxygens (including phenoxy) is 2. The molecule has 0 radical (unpaired) electrons. The van der Waals surface area contributed by atoms with Crippen LogP contribution in [0, 0.1) is 5.92 Å². The second-order valence-electron chi connectivity index (χ2n) is 11.0. The second-order valence-corrected chi connectivity index (χ2v) is 11.0. The first-order valence-electron chi connectivity index (χ1n) is 14.7. The normalized spacial score (nSPS) is 15.2. The molecule has 1 aliphatic carbocycles. The van der Waals surface area contributed by atoms with Gasteiger partial charge in [-0.25, -0.2) is 0 Å². The Morgan fingerprint density at radius 1 is 0.976 bits per heavy atom. The summed E-state index contributed by atoms with van der Waals surface area (Å²) in [6.45, 7) is 7.72. The van der Waals surface area contributed by atoms with Crippen molar-refractivity contribution >= 4 is 17.8 Å². The summed E-state index contributed by atoms with van der Waals surface area (Å²) in [5.41, 5.74) is 1.39. The largest absolute Gasteiger partial charge is 0.489 e. The molecule has 8 heteroatoms. The highest BCUT2D eigenvalue weighted by atomic mass is 16.5. The number of nitrogens with one attached hydrogen (secondary N) is 2. The highest BCUT2D eigenvalue weighted by Crippen LogP contribution is 2.29. The van der Waals surface area contributed by atoms with Crippen molar-refractivity contribution in [2.24, 2.45) is 5.92 Å². The number of hydrogen-bond acceptors (Lipinski definition) is 6. The van der Waals surface area contributed by atoms with E-state index >= 15 is 0 Å². The Morgan fingerprint density at radius 3 is 2.33 bits per heavy atom. The Labute approximate surface area is 249 Å². The van der Waals surface area contributed by atoms with Gasteiger partial charge in [0.1, 0.15) is 19.0 Å². The van der Waals surface area contributed by atoms with Gasteiger partial charge in [-0.3, -0.25) is 14.4 Å². The zero-order valence-corrected chi connectivity index (χ0v) is 24.4. The van der Waals surface area contributed by atoms with Gasteiger partial charge in [-0.1, -0.05) is 67.5 Å². The SMILES string of the molecule is C=CCCC(=O)OC[C@H](Cc1ccc(OCc2ccccc2)cc1)NC(=O)[C@H](CC=C)CC(=O)NC1(CO)CCCC1. The summed E-state index contributed by atoms with van der Waals surface area (Å²) < 4.78 is 11.4. The molecule has 42 heavy (non-hydrogen) atoms. The fourth-order valence-corrected chi connectivity index (χ4v) is 5.13. The van der Waals surface area contributed by atoms with Crippen molar-refractivity contribution in [3.63, 3.8) is 0 Å². The zero-order chi connectivity index (χ0) is 30.2. The van der Waals surface area contributed by atoms with Crippen molar-refractivity contribution in [1.82, 2.24) is 10.6 Å². The van der Waals surface area contributed by atoms with E-state index in [1.165, 1.54) is 0 Å². The van der Waals surface area contributed by atoms with Crippen molar-refractivity contribution in [2.75, 3.05) is 13.2 Å². The smallest absolute Gasteiger partial charge is 0.306 e. The topological polar surface area (TPSA) is 114 Å². The van der Waals surface area contributed by atoms with Gasteiger partial charge in [-0.2, -0.15) is 0 Å². The van der Waals surface area contributed by atoms with Crippen LogP contribution >= 0.6 is 0 Å². The van der Waals surface area contributed by atoms with E-state index in [0.29, 0.717) is 25.9 Å². The number of rotatable bonds is 18. The van der Waals surface area contributed by atoms with E-state index in [1.54, 1.807) is 12.2 Å². The van der Waals surface area contributed by atoms with Gasteiger partial charge in [0.2, 0.25) is 11.8 Å². The van der Waals surface area contributed by atoms with Gasteiger partial charge >= 0.3 is 5.97 Å². The summed E-state index contributed by atoms with van der Waals surface area (Å²) >= 11 is 0. The molecule has 3 N–H and O–H groups in total. The molecule has 0 aliphatic heterocycles. The number of hydrogen-bond donors (Lipinski definition) is 3. The molecule has 1 aliphatic rings. The molecule has 0 bridgehead atoms. The van der Waals surface area contributed by atoms with Crippen molar-refractivity contribution in [3.8, 4) is 5.75 Å². The highest BCUT2D eigenvalue weighted by Gasteiger charge is 2.35. The standard InChI is InChI=1S/C34H44N2O6/c1-3-5-14-32(39)42-24-29(21-26-15-17-30(18-16-26)41-23-27-12-7-6-8-13-27)35-33(40)28(11-4-2)22-31(38)36-34(25-37)19-9-10-20-34/h3-4,6-8,12-13,15-18,28-29,37H,1-2,5,9-11,14,19-25H2,(H,35,40)(H,36,38)/t28-,29+/m1/s1. The van der Waals surface area contributed by atoms with E-state index < -0.39 is 17.5 Å². The molecule has 2 amide bonds. The Hall–Kier alpha value is -3.91. The summed E-state index contributed by atoms with van der Waals surface area (Å²) in [7, 11) is 0. The van der Waals surface area contributed by atoms with Gasteiger partial charge in [-0.15, -0.1) is 13.2 Å². The number of allylic oxidation sites excluding steroid dienone is 2. The first-order valence-corrected chi connectivity index (χ1v) is 14.7. The maximum Gasteiger partial charge on any atom is 0.306 e. The summed E-state index contributed by atoms with van der Waals surface area (Å²) in [6, 6.07) is 17.0. The van der Waals surface area contributed by atoms with Gasteiger partial charge < -0.3 is 25.2 Å². The van der Waals surface area contributed by atoms with Crippen LogP contribution in [0.15, 0.2) is 79.9 Å². The Kier molecular flexibility index (Phi) is 13.3. The van der Waals surface area contributed by atoms with E-state index in [1.807, 2.05) is 54.6 Å². The third-order valence-electron chi connectivity index (χ3n) is 7.52. The third kappa shape index (κ3) is 10.8. The molecular weight excluding hydrogens is 532 g/mol. The van der Waals surface area contributed by atoms with Crippen molar-refractivity contribution in [2.45, 2.75) is 76.0 Å². The number of esters is 1. The van der Waals surface area contributed by atoms with Crippen LogP contribution in [0.4, 0.5) is 0 Å². The second kappa shape index (κ2) is 17.1. The zero-order valence-electron chi connectivity index (χ0n) is 24.4. The summed E-state index contributed by atoms with van der Waals surface area (Å²) in [4.78, 5) is 38.5. The molecule has 3 rings (SSSR count). The highest BCUT2D eigenvalue weighted by molar-refractivity contribution is 5.86. The minimum atomic E-state index is -0.646. The monoisotopic (exact) mass is 576 g/mol. The van der Waals surface area contributed by atoms with Crippen LogP contribution in [0.2, 0.25) is 0 Å². The van der Waals surface area contributed by atoms with Crippen LogP contribution in [0.25, 0.3) is 0 Å². The number of amides is 2. The van der Waals surface area contributed by atoms with Gasteiger partial charge in [0, 0.05) is 12.8 Å². The fraction of sp³-hybridized carbons (Fsp3) is 0.441. The van der Waals surface area contributed by atoms with Crippen molar-refractivity contribution in [3.05, 3.63) is 91.0 Å².